The fourth-order valence-corrected chi connectivity index (χ4v) is 2.87. The van der Waals surface area contributed by atoms with Crippen molar-refractivity contribution in [1.29, 1.82) is 0 Å². The van der Waals surface area contributed by atoms with Gasteiger partial charge in [0.2, 0.25) is 0 Å². The van der Waals surface area contributed by atoms with Crippen LogP contribution in [0.1, 0.15) is 22.9 Å². The van der Waals surface area contributed by atoms with Gasteiger partial charge in [-0.1, -0.05) is 48.0 Å². The molecule has 1 amide bonds. The van der Waals surface area contributed by atoms with Crippen molar-refractivity contribution in [3.63, 3.8) is 0 Å². The number of pyridine rings is 1. The van der Waals surface area contributed by atoms with Gasteiger partial charge >= 0.3 is 0 Å². The van der Waals surface area contributed by atoms with Gasteiger partial charge in [0.25, 0.3) is 5.91 Å². The molecule has 0 spiro atoms. The van der Waals surface area contributed by atoms with E-state index in [-0.39, 0.29) is 18.6 Å². The minimum absolute atomic E-state index is 0.0847. The Bertz CT molecular complexity index is 830. The van der Waals surface area contributed by atoms with Crippen molar-refractivity contribution in [2.45, 2.75) is 13.0 Å². The average Bonchev–Trinajstić information content (AvgIpc) is 2.67. The summed E-state index contributed by atoms with van der Waals surface area (Å²) in [5, 5.41) is 3.64. The molecule has 5 heteroatoms. The fraction of sp³-hybridized carbons (Fsp3) is 0.143. The summed E-state index contributed by atoms with van der Waals surface area (Å²) in [6, 6.07) is 20.3. The third-order valence-electron chi connectivity index (χ3n) is 3.92. The van der Waals surface area contributed by atoms with E-state index >= 15 is 0 Å². The topological polar surface area (TPSA) is 51.2 Å². The van der Waals surface area contributed by atoms with Crippen molar-refractivity contribution in [1.82, 2.24) is 10.3 Å². The van der Waals surface area contributed by atoms with Crippen LogP contribution in [-0.2, 0) is 4.79 Å². The number of aromatic nitrogens is 1. The molecule has 4 nitrogen and oxygen atoms in total. The Morgan fingerprint density at radius 2 is 1.88 bits per heavy atom. The summed E-state index contributed by atoms with van der Waals surface area (Å²) < 4.78 is 5.64. The van der Waals surface area contributed by atoms with Gasteiger partial charge in [-0.3, -0.25) is 9.78 Å². The van der Waals surface area contributed by atoms with Gasteiger partial charge in [-0.15, -0.1) is 0 Å². The normalized spacial score (nSPS) is 11.6. The first-order chi connectivity index (χ1) is 12.6. The highest BCUT2D eigenvalue weighted by Crippen LogP contribution is 2.22. The zero-order chi connectivity index (χ0) is 18.4. The van der Waals surface area contributed by atoms with Crippen molar-refractivity contribution in [2.75, 3.05) is 6.61 Å². The van der Waals surface area contributed by atoms with E-state index in [0.29, 0.717) is 10.8 Å². The molecule has 0 saturated carbocycles. The molecule has 0 aliphatic carbocycles. The molecule has 1 aromatic heterocycles. The summed E-state index contributed by atoms with van der Waals surface area (Å²) in [5.41, 5.74) is 2.62. The van der Waals surface area contributed by atoms with E-state index < -0.39 is 0 Å². The molecular weight excluding hydrogens is 348 g/mol. The Morgan fingerprint density at radius 1 is 1.12 bits per heavy atom. The molecule has 0 saturated heterocycles. The van der Waals surface area contributed by atoms with Gasteiger partial charge in [0.1, 0.15) is 5.75 Å². The Hall–Kier alpha value is -2.85. The third kappa shape index (κ3) is 4.61. The molecule has 0 fully saturated rings. The van der Waals surface area contributed by atoms with Crippen molar-refractivity contribution in [3.05, 3.63) is 94.8 Å². The van der Waals surface area contributed by atoms with Crippen LogP contribution in [0.2, 0.25) is 5.02 Å². The summed E-state index contributed by atoms with van der Waals surface area (Å²) in [7, 11) is 0. The van der Waals surface area contributed by atoms with Crippen LogP contribution in [0.25, 0.3) is 0 Å². The number of carbonyl (C=O) groups is 1. The molecule has 1 N–H and O–H groups in total. The van der Waals surface area contributed by atoms with Gasteiger partial charge in [-0.25, -0.2) is 0 Å². The first kappa shape index (κ1) is 18.0. The molecule has 1 atom stereocenters. The predicted molar refractivity (Wildman–Crippen MR) is 102 cm³/mol. The summed E-state index contributed by atoms with van der Waals surface area (Å²) in [6.45, 7) is 1.80. The van der Waals surface area contributed by atoms with Gasteiger partial charge in [0, 0.05) is 11.2 Å². The molecule has 0 aliphatic rings. The molecule has 0 radical (unpaired) electrons. The highest BCUT2D eigenvalue weighted by molar-refractivity contribution is 6.30. The maximum Gasteiger partial charge on any atom is 0.258 e. The molecule has 2 aromatic carbocycles. The van der Waals surface area contributed by atoms with E-state index in [1.54, 1.807) is 24.4 Å². The summed E-state index contributed by atoms with van der Waals surface area (Å²) >= 11 is 5.94. The molecule has 26 heavy (non-hydrogen) atoms. The van der Waals surface area contributed by atoms with Gasteiger partial charge in [-0.2, -0.15) is 0 Å². The van der Waals surface area contributed by atoms with Crippen molar-refractivity contribution >= 4 is 17.5 Å². The summed E-state index contributed by atoms with van der Waals surface area (Å²) in [5.74, 6) is 0.414. The van der Waals surface area contributed by atoms with Crippen LogP contribution in [-0.4, -0.2) is 17.5 Å². The highest BCUT2D eigenvalue weighted by atomic mass is 35.5. The number of carbonyl (C=O) groups excluding carboxylic acids is 1. The minimum Gasteiger partial charge on any atom is -0.484 e. The van der Waals surface area contributed by atoms with E-state index in [9.17, 15) is 4.79 Å². The number of nitrogens with one attached hydrogen (secondary N) is 1. The molecule has 0 bridgehead atoms. The molecule has 1 heterocycles. The van der Waals surface area contributed by atoms with Gasteiger partial charge in [0.15, 0.2) is 6.61 Å². The van der Waals surface area contributed by atoms with Gasteiger partial charge < -0.3 is 10.1 Å². The highest BCUT2D eigenvalue weighted by Gasteiger charge is 2.18. The minimum atomic E-state index is -0.334. The number of rotatable bonds is 6. The number of hydrogen-bond donors (Lipinski definition) is 1. The standard InChI is InChI=1S/C21H19ClN2O2/c1-15-13-17(22)10-11-19(15)26-14-20(25)24-21(16-7-3-2-4-8-16)18-9-5-6-12-23-18/h2-13,21H,14H2,1H3,(H,24,25)/t21-/m1/s1. The molecule has 3 rings (SSSR count). The molecule has 0 unspecified atom stereocenters. The maximum atomic E-state index is 12.5. The first-order valence-corrected chi connectivity index (χ1v) is 8.65. The Kier molecular flexibility index (Phi) is 5.87. The van der Waals surface area contributed by atoms with Crippen LogP contribution in [0.3, 0.4) is 0 Å². The van der Waals surface area contributed by atoms with E-state index in [0.717, 1.165) is 16.8 Å². The first-order valence-electron chi connectivity index (χ1n) is 8.27. The fourth-order valence-electron chi connectivity index (χ4n) is 2.64. The lowest BCUT2D eigenvalue weighted by Crippen LogP contribution is -2.33. The second kappa shape index (κ2) is 8.50. The zero-order valence-corrected chi connectivity index (χ0v) is 15.1. The Morgan fingerprint density at radius 3 is 2.58 bits per heavy atom. The zero-order valence-electron chi connectivity index (χ0n) is 14.4. The van der Waals surface area contributed by atoms with Crippen molar-refractivity contribution < 1.29 is 9.53 Å². The second-order valence-electron chi connectivity index (χ2n) is 5.86. The number of aryl methyl sites for hydroxylation is 1. The van der Waals surface area contributed by atoms with Gasteiger partial charge in [0.05, 0.1) is 11.7 Å². The quantitative estimate of drug-likeness (QED) is 0.706. The van der Waals surface area contributed by atoms with Crippen LogP contribution in [0.5, 0.6) is 5.75 Å². The van der Waals surface area contributed by atoms with Crippen molar-refractivity contribution in [2.24, 2.45) is 0 Å². The predicted octanol–water partition coefficient (Wildman–Crippen LogP) is 4.33. The second-order valence-corrected chi connectivity index (χ2v) is 6.30. The number of benzene rings is 2. The van der Waals surface area contributed by atoms with E-state index in [4.69, 9.17) is 16.3 Å². The third-order valence-corrected chi connectivity index (χ3v) is 4.15. The van der Waals surface area contributed by atoms with E-state index in [1.165, 1.54) is 0 Å². The number of nitrogens with zero attached hydrogens (tertiary/aromatic N) is 1. The average molecular weight is 367 g/mol. The molecule has 0 aliphatic heterocycles. The van der Waals surface area contributed by atoms with E-state index in [2.05, 4.69) is 10.3 Å². The van der Waals surface area contributed by atoms with Crippen LogP contribution in [0.15, 0.2) is 72.9 Å². The van der Waals surface area contributed by atoms with Crippen molar-refractivity contribution in [3.8, 4) is 5.75 Å². The van der Waals surface area contributed by atoms with Crippen LogP contribution in [0.4, 0.5) is 0 Å². The summed E-state index contributed by atoms with van der Waals surface area (Å²) in [6.07, 6.45) is 1.71. The lowest BCUT2D eigenvalue weighted by molar-refractivity contribution is -0.123. The number of ether oxygens (including phenoxy) is 1. The SMILES string of the molecule is Cc1cc(Cl)ccc1OCC(=O)N[C@H](c1ccccc1)c1ccccn1. The Labute approximate surface area is 157 Å². The number of amides is 1. The van der Waals surface area contributed by atoms with Gasteiger partial charge in [-0.05, 0) is 48.4 Å². The summed E-state index contributed by atoms with van der Waals surface area (Å²) in [4.78, 5) is 16.8. The number of halogens is 1. The number of hydrogen-bond acceptors (Lipinski definition) is 3. The van der Waals surface area contributed by atoms with Crippen LogP contribution >= 0.6 is 11.6 Å². The maximum absolute atomic E-state index is 12.5. The lowest BCUT2D eigenvalue weighted by atomic mass is 10.0. The lowest BCUT2D eigenvalue weighted by Gasteiger charge is -2.19. The molecule has 132 valence electrons. The molecule has 3 aromatic rings. The van der Waals surface area contributed by atoms with E-state index in [1.807, 2.05) is 55.5 Å². The van der Waals surface area contributed by atoms with Crippen LogP contribution in [0, 0.1) is 6.92 Å². The monoisotopic (exact) mass is 366 g/mol. The Balaban J connectivity index is 1.71. The van der Waals surface area contributed by atoms with Crippen LogP contribution < -0.4 is 10.1 Å². The smallest absolute Gasteiger partial charge is 0.258 e. The molecular formula is C21H19ClN2O2. The largest absolute Gasteiger partial charge is 0.484 e.